The molecule has 25 heavy (non-hydrogen) atoms. The first kappa shape index (κ1) is 17.5. The van der Waals surface area contributed by atoms with Crippen LogP contribution in [0, 0.1) is 5.92 Å². The molecule has 1 fully saturated rings. The number of likely N-dealkylation sites (tertiary alicyclic amines) is 1. The van der Waals surface area contributed by atoms with Crippen molar-refractivity contribution in [1.82, 2.24) is 20.0 Å². The Hall–Kier alpha value is -2.30. The van der Waals surface area contributed by atoms with Crippen molar-refractivity contribution < 1.29 is 0 Å². The predicted molar refractivity (Wildman–Crippen MR) is 103 cm³/mol. The average Bonchev–Trinajstić information content (AvgIpc) is 3.04. The number of benzene rings is 1. The van der Waals surface area contributed by atoms with E-state index in [9.17, 15) is 0 Å². The number of guanidine groups is 1. The number of hydrogen-bond donors (Lipinski definition) is 1. The normalized spacial score (nSPS) is 21.4. The summed E-state index contributed by atoms with van der Waals surface area (Å²) in [6.45, 7) is 8.12. The van der Waals surface area contributed by atoms with Crippen LogP contribution in [0.3, 0.4) is 0 Å². The molecule has 3 rings (SSSR count). The third-order valence-electron chi connectivity index (χ3n) is 4.94. The lowest BCUT2D eigenvalue weighted by Gasteiger charge is -2.39. The van der Waals surface area contributed by atoms with Crippen LogP contribution in [0.25, 0.3) is 0 Å². The Bertz CT molecular complexity index is 691. The number of piperidine rings is 1. The second kappa shape index (κ2) is 8.19. The van der Waals surface area contributed by atoms with Crippen LogP contribution in [0.5, 0.6) is 0 Å². The molecule has 1 aliphatic heterocycles. The Morgan fingerprint density at radius 1 is 1.32 bits per heavy atom. The van der Waals surface area contributed by atoms with E-state index in [0.717, 1.165) is 31.2 Å². The van der Waals surface area contributed by atoms with Gasteiger partial charge in [0.1, 0.15) is 0 Å². The average molecular weight is 339 g/mol. The van der Waals surface area contributed by atoms with Crippen LogP contribution < -0.4 is 5.32 Å². The minimum absolute atomic E-state index is 0.610. The second-order valence-corrected chi connectivity index (χ2v) is 6.92. The van der Waals surface area contributed by atoms with Crippen molar-refractivity contribution >= 4 is 5.96 Å². The maximum Gasteiger partial charge on any atom is 0.194 e. The number of nitrogens with one attached hydrogen (secondary N) is 1. The Kier molecular flexibility index (Phi) is 5.74. The van der Waals surface area contributed by atoms with Gasteiger partial charge in [0.2, 0.25) is 0 Å². The van der Waals surface area contributed by atoms with Crippen molar-refractivity contribution in [2.75, 3.05) is 19.6 Å². The molecular formula is C20H29N5. The van der Waals surface area contributed by atoms with E-state index in [2.05, 4.69) is 59.5 Å². The van der Waals surface area contributed by atoms with Crippen molar-refractivity contribution in [3.8, 4) is 0 Å². The zero-order valence-electron chi connectivity index (χ0n) is 15.5. The maximum atomic E-state index is 4.83. The smallest absolute Gasteiger partial charge is 0.194 e. The molecule has 0 bridgehead atoms. The molecule has 2 unspecified atom stereocenters. The monoisotopic (exact) mass is 339 g/mol. The molecule has 1 aromatic heterocycles. The summed E-state index contributed by atoms with van der Waals surface area (Å²) < 4.78 is 1.82. The summed E-state index contributed by atoms with van der Waals surface area (Å²) in [7, 11) is 1.94. The summed E-state index contributed by atoms with van der Waals surface area (Å²) in [4.78, 5) is 7.24. The summed E-state index contributed by atoms with van der Waals surface area (Å²) in [5.41, 5.74) is 2.61. The largest absolute Gasteiger partial charge is 0.357 e. The first-order valence-corrected chi connectivity index (χ1v) is 9.23. The van der Waals surface area contributed by atoms with Gasteiger partial charge < -0.3 is 10.2 Å². The summed E-state index contributed by atoms with van der Waals surface area (Å²) in [6.07, 6.45) is 5.08. The van der Waals surface area contributed by atoms with Crippen LogP contribution in [0.1, 0.15) is 37.3 Å². The molecule has 0 amide bonds. The van der Waals surface area contributed by atoms with Crippen LogP contribution in [0.4, 0.5) is 0 Å². The van der Waals surface area contributed by atoms with Crippen LogP contribution in [0.2, 0.25) is 0 Å². The first-order valence-electron chi connectivity index (χ1n) is 9.23. The SMILES string of the molecule is CCNC(=NCc1cnn(C)c1)N1CCC(c2ccccc2)C(C)C1. The van der Waals surface area contributed by atoms with E-state index in [1.165, 1.54) is 12.0 Å². The zero-order chi connectivity index (χ0) is 17.6. The van der Waals surface area contributed by atoms with E-state index in [1.54, 1.807) is 0 Å². The number of nitrogens with zero attached hydrogens (tertiary/aromatic N) is 4. The van der Waals surface area contributed by atoms with Gasteiger partial charge >= 0.3 is 0 Å². The van der Waals surface area contributed by atoms with Crippen LogP contribution in [-0.4, -0.2) is 40.3 Å². The van der Waals surface area contributed by atoms with E-state index in [-0.39, 0.29) is 0 Å². The maximum absolute atomic E-state index is 4.83. The molecule has 1 saturated heterocycles. The molecule has 1 aliphatic rings. The lowest BCUT2D eigenvalue weighted by molar-refractivity contribution is 0.234. The highest BCUT2D eigenvalue weighted by atomic mass is 15.3. The minimum atomic E-state index is 0.610. The van der Waals surface area contributed by atoms with Crippen molar-refractivity contribution in [3.05, 3.63) is 53.9 Å². The molecule has 2 atom stereocenters. The zero-order valence-corrected chi connectivity index (χ0v) is 15.5. The lowest BCUT2D eigenvalue weighted by Crippen LogP contribution is -2.48. The summed E-state index contributed by atoms with van der Waals surface area (Å²) >= 11 is 0. The van der Waals surface area contributed by atoms with Gasteiger partial charge in [-0.05, 0) is 30.7 Å². The van der Waals surface area contributed by atoms with Crippen LogP contribution >= 0.6 is 0 Å². The van der Waals surface area contributed by atoms with Gasteiger partial charge in [-0.2, -0.15) is 5.10 Å². The van der Waals surface area contributed by atoms with Gasteiger partial charge in [-0.1, -0.05) is 37.3 Å². The van der Waals surface area contributed by atoms with E-state index < -0.39 is 0 Å². The van der Waals surface area contributed by atoms with Crippen LogP contribution in [0.15, 0.2) is 47.7 Å². The van der Waals surface area contributed by atoms with Gasteiger partial charge in [0, 0.05) is 38.4 Å². The van der Waals surface area contributed by atoms with Gasteiger partial charge in [-0.15, -0.1) is 0 Å². The van der Waals surface area contributed by atoms with Crippen molar-refractivity contribution in [2.24, 2.45) is 18.0 Å². The van der Waals surface area contributed by atoms with E-state index in [0.29, 0.717) is 18.4 Å². The third kappa shape index (κ3) is 4.41. The summed E-state index contributed by atoms with van der Waals surface area (Å²) in [5.74, 6) is 2.27. The molecule has 134 valence electrons. The van der Waals surface area contributed by atoms with Gasteiger partial charge in [0.05, 0.1) is 12.7 Å². The molecule has 0 aliphatic carbocycles. The Morgan fingerprint density at radius 3 is 2.76 bits per heavy atom. The Labute approximate surface area is 150 Å². The molecule has 2 heterocycles. The number of rotatable bonds is 4. The Balaban J connectivity index is 1.67. The molecular weight excluding hydrogens is 310 g/mol. The van der Waals surface area contributed by atoms with Crippen LogP contribution in [-0.2, 0) is 13.6 Å². The molecule has 5 heteroatoms. The number of hydrogen-bond acceptors (Lipinski definition) is 2. The fourth-order valence-corrected chi connectivity index (χ4v) is 3.68. The number of aliphatic imine (C=N–C) groups is 1. The third-order valence-corrected chi connectivity index (χ3v) is 4.94. The quantitative estimate of drug-likeness (QED) is 0.688. The standard InChI is InChI=1S/C20H29N5/c1-4-21-20(22-12-17-13-23-24(3)15-17)25-11-10-19(16(2)14-25)18-8-6-5-7-9-18/h5-9,13,15-16,19H,4,10-12,14H2,1-3H3,(H,21,22). The van der Waals surface area contributed by atoms with Gasteiger partial charge in [0.25, 0.3) is 0 Å². The molecule has 0 spiro atoms. The second-order valence-electron chi connectivity index (χ2n) is 6.92. The topological polar surface area (TPSA) is 45.5 Å². The van der Waals surface area contributed by atoms with Gasteiger partial charge in [0.15, 0.2) is 5.96 Å². The summed E-state index contributed by atoms with van der Waals surface area (Å²) in [6, 6.07) is 10.9. The highest BCUT2D eigenvalue weighted by Gasteiger charge is 2.28. The predicted octanol–water partition coefficient (Wildman–Crippen LogP) is 3.01. The van der Waals surface area contributed by atoms with Gasteiger partial charge in [-0.25, -0.2) is 4.99 Å². The number of aromatic nitrogens is 2. The lowest BCUT2D eigenvalue weighted by atomic mass is 9.82. The van der Waals surface area contributed by atoms with Crippen molar-refractivity contribution in [1.29, 1.82) is 0 Å². The van der Waals surface area contributed by atoms with E-state index in [4.69, 9.17) is 4.99 Å². The molecule has 0 radical (unpaired) electrons. The van der Waals surface area contributed by atoms with Crippen molar-refractivity contribution in [2.45, 2.75) is 32.7 Å². The first-order chi connectivity index (χ1) is 12.2. The number of aryl methyl sites for hydroxylation is 1. The Morgan fingerprint density at radius 2 is 2.12 bits per heavy atom. The summed E-state index contributed by atoms with van der Waals surface area (Å²) in [5, 5.41) is 7.68. The van der Waals surface area contributed by atoms with Crippen molar-refractivity contribution in [3.63, 3.8) is 0 Å². The molecule has 2 aromatic rings. The molecule has 1 aromatic carbocycles. The fraction of sp³-hybridized carbons (Fsp3) is 0.500. The fourth-order valence-electron chi connectivity index (χ4n) is 3.68. The molecule has 5 nitrogen and oxygen atoms in total. The highest BCUT2D eigenvalue weighted by Crippen LogP contribution is 2.32. The van der Waals surface area contributed by atoms with E-state index >= 15 is 0 Å². The highest BCUT2D eigenvalue weighted by molar-refractivity contribution is 5.80. The minimum Gasteiger partial charge on any atom is -0.357 e. The van der Waals surface area contributed by atoms with E-state index in [1.807, 2.05) is 24.1 Å². The van der Waals surface area contributed by atoms with Gasteiger partial charge in [-0.3, -0.25) is 4.68 Å². The molecule has 1 N–H and O–H groups in total. The molecule has 0 saturated carbocycles.